The molecule has 35 heavy (non-hydrogen) atoms. The van der Waals surface area contributed by atoms with E-state index in [0.29, 0.717) is 32.2 Å². The minimum atomic E-state index is -1.44. The molecule has 0 bridgehead atoms. The number of aliphatic imine (C=N–C) groups is 1. The number of carbonyl (C=O) groups excluding carboxylic acids is 3. The molecule has 2 fully saturated rings. The summed E-state index contributed by atoms with van der Waals surface area (Å²) in [4.78, 5) is 66.5. The van der Waals surface area contributed by atoms with Crippen molar-refractivity contribution in [2.24, 2.45) is 16.5 Å². The highest BCUT2D eigenvalue weighted by Gasteiger charge is 2.39. The number of rotatable bonds is 13. The third-order valence-electron chi connectivity index (χ3n) is 6.04. The van der Waals surface area contributed by atoms with Crippen LogP contribution < -0.4 is 27.4 Å². The number of hydrogen-bond acceptors (Lipinski definition) is 7. The fraction of sp³-hybridized carbons (Fsp3) is 0.714. The van der Waals surface area contributed by atoms with Gasteiger partial charge in [0.2, 0.25) is 17.7 Å². The van der Waals surface area contributed by atoms with Crippen LogP contribution in [-0.2, 0) is 24.0 Å². The number of carboxylic acids is 2. The lowest BCUT2D eigenvalue weighted by Gasteiger charge is -2.28. The summed E-state index contributed by atoms with van der Waals surface area (Å²) in [5, 5.41) is 26.3. The lowest BCUT2D eigenvalue weighted by molar-refractivity contribution is -0.144. The van der Waals surface area contributed by atoms with Crippen molar-refractivity contribution in [1.29, 1.82) is 0 Å². The van der Waals surface area contributed by atoms with E-state index >= 15 is 0 Å². The van der Waals surface area contributed by atoms with Crippen molar-refractivity contribution in [2.75, 3.05) is 19.6 Å². The zero-order valence-electron chi connectivity index (χ0n) is 19.6. The van der Waals surface area contributed by atoms with Crippen LogP contribution in [0.4, 0.5) is 0 Å². The predicted octanol–water partition coefficient (Wildman–Crippen LogP) is -2.30. The fourth-order valence-electron chi connectivity index (χ4n) is 4.24. The zero-order valence-corrected chi connectivity index (χ0v) is 19.6. The van der Waals surface area contributed by atoms with E-state index in [4.69, 9.17) is 16.6 Å². The van der Waals surface area contributed by atoms with E-state index in [9.17, 15) is 29.1 Å². The highest BCUT2D eigenvalue weighted by molar-refractivity contribution is 5.94. The Labute approximate surface area is 202 Å². The molecule has 196 valence electrons. The van der Waals surface area contributed by atoms with E-state index in [-0.39, 0.29) is 37.3 Å². The SMILES string of the molecule is NC(N)=NCCCC(NC(=O)C1CCCN1C(=O)C1CCCN1)C(=O)NC(CCC(=O)O)C(=O)O. The van der Waals surface area contributed by atoms with Crippen LogP contribution in [0.3, 0.4) is 0 Å². The second-order valence-corrected chi connectivity index (χ2v) is 8.68. The van der Waals surface area contributed by atoms with Crippen LogP contribution in [0.1, 0.15) is 51.4 Å². The number of carboxylic acid groups (broad SMARTS) is 2. The van der Waals surface area contributed by atoms with E-state index in [1.54, 1.807) is 0 Å². The third kappa shape index (κ3) is 8.70. The van der Waals surface area contributed by atoms with Crippen molar-refractivity contribution in [2.45, 2.75) is 75.5 Å². The first-order chi connectivity index (χ1) is 16.6. The summed E-state index contributed by atoms with van der Waals surface area (Å²) in [6.45, 7) is 1.36. The minimum absolute atomic E-state index is 0.102. The summed E-state index contributed by atoms with van der Waals surface area (Å²) >= 11 is 0. The van der Waals surface area contributed by atoms with Gasteiger partial charge in [-0.2, -0.15) is 0 Å². The van der Waals surface area contributed by atoms with Crippen molar-refractivity contribution in [3.8, 4) is 0 Å². The van der Waals surface area contributed by atoms with Gasteiger partial charge in [-0.05, 0) is 51.5 Å². The number of hydrogen-bond donors (Lipinski definition) is 7. The van der Waals surface area contributed by atoms with Crippen LogP contribution in [0, 0.1) is 0 Å². The molecule has 9 N–H and O–H groups in total. The summed E-state index contributed by atoms with van der Waals surface area (Å²) in [5.74, 6) is -4.14. The number of likely N-dealkylation sites (tertiary alicyclic amines) is 1. The first kappa shape index (κ1) is 27.8. The number of nitrogens with two attached hydrogens (primary N) is 2. The van der Waals surface area contributed by atoms with Gasteiger partial charge in [0.25, 0.3) is 0 Å². The maximum absolute atomic E-state index is 13.1. The first-order valence-electron chi connectivity index (χ1n) is 11.7. The van der Waals surface area contributed by atoms with Gasteiger partial charge >= 0.3 is 11.9 Å². The lowest BCUT2D eigenvalue weighted by atomic mass is 10.1. The molecule has 2 saturated heterocycles. The van der Waals surface area contributed by atoms with Gasteiger partial charge in [0.15, 0.2) is 5.96 Å². The van der Waals surface area contributed by atoms with Gasteiger partial charge in [-0.15, -0.1) is 0 Å². The smallest absolute Gasteiger partial charge is 0.326 e. The van der Waals surface area contributed by atoms with Crippen molar-refractivity contribution < 1.29 is 34.2 Å². The number of guanidine groups is 1. The van der Waals surface area contributed by atoms with Gasteiger partial charge in [0.1, 0.15) is 18.1 Å². The van der Waals surface area contributed by atoms with E-state index in [1.807, 2.05) is 0 Å². The van der Waals surface area contributed by atoms with Crippen molar-refractivity contribution in [3.05, 3.63) is 0 Å². The Morgan fingerprint density at radius 2 is 1.77 bits per heavy atom. The van der Waals surface area contributed by atoms with Crippen molar-refractivity contribution in [3.63, 3.8) is 0 Å². The third-order valence-corrected chi connectivity index (χ3v) is 6.04. The Balaban J connectivity index is 2.08. The average molecular weight is 498 g/mol. The van der Waals surface area contributed by atoms with Crippen molar-refractivity contribution in [1.82, 2.24) is 20.9 Å². The van der Waals surface area contributed by atoms with Gasteiger partial charge in [0.05, 0.1) is 6.04 Å². The second kappa shape index (κ2) is 13.5. The number of amides is 3. The van der Waals surface area contributed by atoms with E-state index < -0.39 is 48.3 Å². The lowest BCUT2D eigenvalue weighted by Crippen LogP contribution is -2.56. The molecule has 2 aliphatic rings. The van der Waals surface area contributed by atoms with Gasteiger partial charge in [-0.25, -0.2) is 4.79 Å². The number of aliphatic carboxylic acids is 2. The molecule has 2 heterocycles. The zero-order chi connectivity index (χ0) is 26.0. The number of carbonyl (C=O) groups is 5. The van der Waals surface area contributed by atoms with Crippen molar-refractivity contribution >= 4 is 35.6 Å². The molecular formula is C21H35N7O7. The summed E-state index contributed by atoms with van der Waals surface area (Å²) < 4.78 is 0. The normalized spacial score (nSPS) is 21.1. The van der Waals surface area contributed by atoms with Crippen LogP contribution in [0.15, 0.2) is 4.99 Å². The Bertz CT molecular complexity index is 825. The summed E-state index contributed by atoms with van der Waals surface area (Å²) in [5.41, 5.74) is 10.6. The van der Waals surface area contributed by atoms with E-state index in [2.05, 4.69) is 20.9 Å². The molecule has 2 rings (SSSR count). The number of nitrogens with one attached hydrogen (secondary N) is 3. The molecule has 0 aromatic carbocycles. The van der Waals surface area contributed by atoms with Crippen LogP contribution in [0.5, 0.6) is 0 Å². The fourth-order valence-corrected chi connectivity index (χ4v) is 4.24. The monoisotopic (exact) mass is 497 g/mol. The maximum atomic E-state index is 13.1. The molecular weight excluding hydrogens is 462 g/mol. The van der Waals surface area contributed by atoms with Gasteiger partial charge in [0, 0.05) is 19.5 Å². The highest BCUT2D eigenvalue weighted by atomic mass is 16.4. The minimum Gasteiger partial charge on any atom is -0.481 e. The van der Waals surface area contributed by atoms with Crippen LogP contribution in [0.25, 0.3) is 0 Å². The van der Waals surface area contributed by atoms with Gasteiger partial charge in [-0.1, -0.05) is 0 Å². The summed E-state index contributed by atoms with van der Waals surface area (Å²) in [7, 11) is 0. The summed E-state index contributed by atoms with van der Waals surface area (Å²) in [6, 6.07) is -3.62. The molecule has 3 amide bonds. The Morgan fingerprint density at radius 3 is 2.37 bits per heavy atom. The Hall–Kier alpha value is -3.42. The quantitative estimate of drug-likeness (QED) is 0.0817. The van der Waals surface area contributed by atoms with Crippen LogP contribution >= 0.6 is 0 Å². The average Bonchev–Trinajstić information content (AvgIpc) is 3.49. The molecule has 0 saturated carbocycles. The Morgan fingerprint density at radius 1 is 1.03 bits per heavy atom. The first-order valence-corrected chi connectivity index (χ1v) is 11.7. The molecule has 0 aromatic heterocycles. The molecule has 2 aliphatic heterocycles. The van der Waals surface area contributed by atoms with Gasteiger partial charge in [-0.3, -0.25) is 24.2 Å². The summed E-state index contributed by atoms with van der Waals surface area (Å²) in [6.07, 6.45) is 2.32. The second-order valence-electron chi connectivity index (χ2n) is 8.68. The maximum Gasteiger partial charge on any atom is 0.326 e. The molecule has 4 atom stereocenters. The highest BCUT2D eigenvalue weighted by Crippen LogP contribution is 2.21. The molecule has 4 unspecified atom stereocenters. The topological polar surface area (TPSA) is 230 Å². The van der Waals surface area contributed by atoms with Gasteiger partial charge < -0.3 is 42.5 Å². The van der Waals surface area contributed by atoms with E-state index in [1.165, 1.54) is 4.90 Å². The molecule has 0 aliphatic carbocycles. The molecule has 0 radical (unpaired) electrons. The molecule has 0 spiro atoms. The van der Waals surface area contributed by atoms with Crippen LogP contribution in [-0.4, -0.2) is 94.5 Å². The molecule has 14 nitrogen and oxygen atoms in total. The molecule has 14 heteroatoms. The van der Waals surface area contributed by atoms with E-state index in [0.717, 1.165) is 13.0 Å². The van der Waals surface area contributed by atoms with Crippen LogP contribution in [0.2, 0.25) is 0 Å². The predicted molar refractivity (Wildman–Crippen MR) is 124 cm³/mol. The number of nitrogens with zero attached hydrogens (tertiary/aromatic N) is 2. The Kier molecular flexibility index (Phi) is 10.7. The largest absolute Gasteiger partial charge is 0.481 e. The standard InChI is InChI=1S/C21H35N7O7/c22-21(23)25-10-1-4-12(17(31)27-14(20(34)35)7-8-16(29)30)26-18(32)15-6-3-11-28(15)19(33)13-5-2-9-24-13/h12-15,24H,1-11H2,(H,26,32)(H,27,31)(H,29,30)(H,34,35)(H4,22,23,25). The molecule has 0 aromatic rings.